The Morgan fingerprint density at radius 2 is 0.897 bits per heavy atom. The zero-order valence-corrected chi connectivity index (χ0v) is 19.5. The number of hydrogen-bond donors (Lipinski definition) is 2. The van der Waals surface area contributed by atoms with Gasteiger partial charge in [0.25, 0.3) is 0 Å². The molecule has 1 rings (SSSR count). The first-order valence-corrected chi connectivity index (χ1v) is 13.3. The minimum Gasteiger partial charge on any atom is -0.328 e. The van der Waals surface area contributed by atoms with E-state index in [1.54, 1.807) is 0 Å². The summed E-state index contributed by atoms with van der Waals surface area (Å²) >= 11 is 0. The molecular weight excluding hydrogens is 379 g/mol. The van der Waals surface area contributed by atoms with Crippen LogP contribution in [0.1, 0.15) is 115 Å². The van der Waals surface area contributed by atoms with E-state index in [9.17, 15) is 0 Å². The first kappa shape index (κ1) is 26.6. The minimum atomic E-state index is -2.15. The first-order chi connectivity index (χ1) is 14.3. The molecule has 3 nitrogen and oxygen atoms in total. The lowest BCUT2D eigenvalue weighted by molar-refractivity contribution is 0.248. The third-order valence-electron chi connectivity index (χ3n) is 5.66. The number of rotatable bonds is 21. The highest BCUT2D eigenvalue weighted by atomic mass is 31.2. The van der Waals surface area contributed by atoms with Gasteiger partial charge in [-0.1, -0.05) is 127 Å². The van der Waals surface area contributed by atoms with Gasteiger partial charge in [-0.05, 0) is 24.8 Å². The van der Waals surface area contributed by atoms with Crippen molar-refractivity contribution >= 4 is 8.60 Å². The van der Waals surface area contributed by atoms with E-state index < -0.39 is 8.60 Å². The molecule has 4 heteroatoms. The molecule has 0 saturated heterocycles. The van der Waals surface area contributed by atoms with Gasteiger partial charge in [0.15, 0.2) is 0 Å². The highest BCUT2D eigenvalue weighted by Crippen LogP contribution is 2.24. The van der Waals surface area contributed by atoms with Crippen molar-refractivity contribution in [3.8, 4) is 0 Å². The summed E-state index contributed by atoms with van der Waals surface area (Å²) in [6.45, 7) is 0.479. The molecular formula is C25H45O3P. The average Bonchev–Trinajstić information content (AvgIpc) is 2.73. The number of hydrogen-bond acceptors (Lipinski definition) is 3. The SMILES string of the molecule is OP(O)OCCCCCCCCCCCCCCCCCCCc1ccccc1. The van der Waals surface area contributed by atoms with Crippen molar-refractivity contribution in [2.75, 3.05) is 6.61 Å². The summed E-state index contributed by atoms with van der Waals surface area (Å²) in [5, 5.41) is 0. The highest BCUT2D eigenvalue weighted by molar-refractivity contribution is 7.39. The van der Waals surface area contributed by atoms with Crippen molar-refractivity contribution < 1.29 is 14.3 Å². The number of aryl methyl sites for hydroxylation is 1. The summed E-state index contributed by atoms with van der Waals surface area (Å²) < 4.78 is 4.76. The van der Waals surface area contributed by atoms with Gasteiger partial charge in [0.05, 0.1) is 6.61 Å². The Balaban J connectivity index is 1.67. The van der Waals surface area contributed by atoms with E-state index in [1.165, 1.54) is 108 Å². The van der Waals surface area contributed by atoms with E-state index >= 15 is 0 Å². The van der Waals surface area contributed by atoms with Crippen LogP contribution in [0.4, 0.5) is 0 Å². The van der Waals surface area contributed by atoms with Crippen LogP contribution < -0.4 is 0 Å². The van der Waals surface area contributed by atoms with Crippen LogP contribution >= 0.6 is 8.60 Å². The topological polar surface area (TPSA) is 49.7 Å². The molecule has 0 heterocycles. The Morgan fingerprint density at radius 3 is 1.31 bits per heavy atom. The van der Waals surface area contributed by atoms with Crippen molar-refractivity contribution in [2.45, 2.75) is 116 Å². The van der Waals surface area contributed by atoms with Gasteiger partial charge >= 0.3 is 8.60 Å². The van der Waals surface area contributed by atoms with Gasteiger partial charge in [-0.3, -0.25) is 0 Å². The Labute approximate surface area is 181 Å². The standard InChI is InChI=1S/C25H45O3P/c26-29(27)28-24-20-15-13-11-9-7-5-3-1-2-4-6-8-10-12-14-17-21-25-22-18-16-19-23-25/h16,18-19,22-23,26-27H,1-15,17,20-21,24H2. The lowest BCUT2D eigenvalue weighted by Gasteiger charge is -2.05. The fraction of sp³-hybridized carbons (Fsp3) is 0.760. The second kappa shape index (κ2) is 20.8. The highest BCUT2D eigenvalue weighted by Gasteiger charge is 1.98. The van der Waals surface area contributed by atoms with Crippen molar-refractivity contribution in [2.24, 2.45) is 0 Å². The Morgan fingerprint density at radius 1 is 0.517 bits per heavy atom. The third kappa shape index (κ3) is 19.3. The van der Waals surface area contributed by atoms with E-state index in [2.05, 4.69) is 30.3 Å². The molecule has 0 saturated carbocycles. The zero-order chi connectivity index (χ0) is 20.8. The van der Waals surface area contributed by atoms with Crippen LogP contribution in [-0.4, -0.2) is 16.4 Å². The molecule has 1 aromatic rings. The molecule has 0 amide bonds. The summed E-state index contributed by atoms with van der Waals surface area (Å²) in [6.07, 6.45) is 24.0. The normalized spacial score (nSPS) is 11.4. The monoisotopic (exact) mass is 424 g/mol. The third-order valence-corrected chi connectivity index (χ3v) is 6.07. The van der Waals surface area contributed by atoms with E-state index in [0.717, 1.165) is 12.8 Å². The summed E-state index contributed by atoms with van der Waals surface area (Å²) in [7, 11) is -2.15. The maximum Gasteiger partial charge on any atom is 0.327 e. The van der Waals surface area contributed by atoms with Crippen molar-refractivity contribution in [3.63, 3.8) is 0 Å². The molecule has 1 aromatic carbocycles. The quantitative estimate of drug-likeness (QED) is 0.155. The number of unbranched alkanes of at least 4 members (excludes halogenated alkanes) is 16. The second-order valence-corrected chi connectivity index (χ2v) is 9.10. The van der Waals surface area contributed by atoms with Gasteiger partial charge in [-0.15, -0.1) is 0 Å². The van der Waals surface area contributed by atoms with Crippen LogP contribution in [0.3, 0.4) is 0 Å². The summed E-state index contributed by atoms with van der Waals surface area (Å²) in [5.41, 5.74) is 1.49. The second-order valence-electron chi connectivity index (χ2n) is 8.33. The largest absolute Gasteiger partial charge is 0.328 e. The van der Waals surface area contributed by atoms with Gasteiger partial charge in [-0.25, -0.2) is 0 Å². The molecule has 168 valence electrons. The van der Waals surface area contributed by atoms with Crippen LogP contribution in [0.5, 0.6) is 0 Å². The molecule has 0 fully saturated rings. The molecule has 29 heavy (non-hydrogen) atoms. The number of benzene rings is 1. The summed E-state index contributed by atoms with van der Waals surface area (Å²) in [6, 6.07) is 10.9. The van der Waals surface area contributed by atoms with Crippen LogP contribution in [-0.2, 0) is 10.9 Å². The van der Waals surface area contributed by atoms with Crippen LogP contribution in [0.2, 0.25) is 0 Å². The van der Waals surface area contributed by atoms with E-state index in [1.807, 2.05) is 0 Å². The molecule has 0 aromatic heterocycles. The summed E-state index contributed by atoms with van der Waals surface area (Å²) in [5.74, 6) is 0. The molecule has 0 aliphatic rings. The van der Waals surface area contributed by atoms with Crippen molar-refractivity contribution in [3.05, 3.63) is 35.9 Å². The first-order valence-electron chi connectivity index (χ1n) is 12.1. The zero-order valence-electron chi connectivity index (χ0n) is 18.6. The fourth-order valence-corrected chi connectivity index (χ4v) is 4.17. The summed E-state index contributed by atoms with van der Waals surface area (Å²) in [4.78, 5) is 17.3. The van der Waals surface area contributed by atoms with Crippen molar-refractivity contribution in [1.82, 2.24) is 0 Å². The average molecular weight is 425 g/mol. The van der Waals surface area contributed by atoms with E-state index in [0.29, 0.717) is 6.61 Å². The van der Waals surface area contributed by atoms with Gasteiger partial charge in [0.2, 0.25) is 0 Å². The molecule has 0 aliphatic carbocycles. The Kier molecular flexibility index (Phi) is 19.0. The van der Waals surface area contributed by atoms with E-state index in [4.69, 9.17) is 14.3 Å². The van der Waals surface area contributed by atoms with Gasteiger partial charge in [0, 0.05) is 0 Å². The predicted octanol–water partition coefficient (Wildman–Crippen LogP) is 8.09. The van der Waals surface area contributed by atoms with Gasteiger partial charge in [-0.2, -0.15) is 0 Å². The van der Waals surface area contributed by atoms with Gasteiger partial charge < -0.3 is 14.3 Å². The Bertz CT molecular complexity index is 439. The molecule has 0 atom stereocenters. The maximum atomic E-state index is 8.63. The van der Waals surface area contributed by atoms with Crippen molar-refractivity contribution in [1.29, 1.82) is 0 Å². The smallest absolute Gasteiger partial charge is 0.327 e. The van der Waals surface area contributed by atoms with Crippen LogP contribution in [0.25, 0.3) is 0 Å². The molecule has 0 spiro atoms. The van der Waals surface area contributed by atoms with Crippen LogP contribution in [0.15, 0.2) is 30.3 Å². The molecule has 0 radical (unpaired) electrons. The lowest BCUT2D eigenvalue weighted by atomic mass is 10.0. The molecule has 0 bridgehead atoms. The Hall–Kier alpha value is -0.470. The van der Waals surface area contributed by atoms with E-state index in [-0.39, 0.29) is 0 Å². The molecule has 0 aliphatic heterocycles. The minimum absolute atomic E-state index is 0.479. The molecule has 2 N–H and O–H groups in total. The van der Waals surface area contributed by atoms with Crippen LogP contribution in [0, 0.1) is 0 Å². The fourth-order valence-electron chi connectivity index (χ4n) is 3.87. The molecule has 0 unspecified atom stereocenters. The predicted molar refractivity (Wildman–Crippen MR) is 126 cm³/mol. The maximum absolute atomic E-state index is 8.63. The lowest BCUT2D eigenvalue weighted by Crippen LogP contribution is -1.89. The van der Waals surface area contributed by atoms with Gasteiger partial charge in [0.1, 0.15) is 0 Å².